The van der Waals surface area contributed by atoms with Crippen molar-refractivity contribution in [3.8, 4) is 11.5 Å². The number of thiocarbonyl (C=S) groups is 1. The number of aryl methyl sites for hydroxylation is 1. The Balaban J connectivity index is 1.86. The lowest BCUT2D eigenvalue weighted by Gasteiger charge is -2.14. The molecule has 1 fully saturated rings. The minimum atomic E-state index is -0.112. The Hall–Kier alpha value is -2.31. The third kappa shape index (κ3) is 4.34. The number of hydrogen-bond acceptors (Lipinski definition) is 5. The first-order valence-corrected chi connectivity index (χ1v) is 9.91. The van der Waals surface area contributed by atoms with Gasteiger partial charge in [-0.05, 0) is 49.2 Å². The molecule has 1 aliphatic heterocycles. The summed E-state index contributed by atoms with van der Waals surface area (Å²) in [6.07, 6.45) is 2.76. The van der Waals surface area contributed by atoms with Crippen molar-refractivity contribution in [2.75, 3.05) is 18.6 Å². The molecule has 27 heavy (non-hydrogen) atoms. The molecule has 1 heterocycles. The van der Waals surface area contributed by atoms with Crippen LogP contribution in [0.4, 0.5) is 5.69 Å². The van der Waals surface area contributed by atoms with Crippen molar-refractivity contribution in [1.29, 1.82) is 0 Å². The minimum absolute atomic E-state index is 0.112. The third-order valence-corrected chi connectivity index (χ3v) is 5.34. The van der Waals surface area contributed by atoms with Crippen molar-refractivity contribution in [3.05, 3.63) is 58.5 Å². The topological polar surface area (TPSA) is 38.8 Å². The van der Waals surface area contributed by atoms with Crippen LogP contribution in [0.2, 0.25) is 0 Å². The van der Waals surface area contributed by atoms with Crippen LogP contribution in [0.25, 0.3) is 6.08 Å². The highest BCUT2D eigenvalue weighted by Crippen LogP contribution is 2.37. The van der Waals surface area contributed by atoms with E-state index in [0.29, 0.717) is 27.3 Å². The van der Waals surface area contributed by atoms with E-state index >= 15 is 0 Å². The Morgan fingerprint density at radius 3 is 2.56 bits per heavy atom. The van der Waals surface area contributed by atoms with Crippen molar-refractivity contribution in [3.63, 3.8) is 0 Å². The predicted molar refractivity (Wildman–Crippen MR) is 116 cm³/mol. The average Bonchev–Trinajstić information content (AvgIpc) is 2.94. The van der Waals surface area contributed by atoms with Crippen LogP contribution >= 0.6 is 24.0 Å². The van der Waals surface area contributed by atoms with Crippen molar-refractivity contribution < 1.29 is 14.3 Å². The molecule has 0 unspecified atom stereocenters. The molecule has 0 radical (unpaired) electrons. The largest absolute Gasteiger partial charge is 0.493 e. The number of methoxy groups -OCH3 is 1. The van der Waals surface area contributed by atoms with Crippen LogP contribution in [0.1, 0.15) is 24.5 Å². The monoisotopic (exact) mass is 399 g/mol. The molecule has 2 aromatic rings. The molecule has 0 saturated carbocycles. The molecule has 0 bridgehead atoms. The summed E-state index contributed by atoms with van der Waals surface area (Å²) in [5.74, 6) is 1.23. The van der Waals surface area contributed by atoms with Crippen LogP contribution in [-0.2, 0) is 4.79 Å². The van der Waals surface area contributed by atoms with Crippen LogP contribution in [0.3, 0.4) is 0 Å². The highest BCUT2D eigenvalue weighted by atomic mass is 32.2. The number of carbonyl (C=O) groups excluding carboxylic acids is 1. The van der Waals surface area contributed by atoms with Gasteiger partial charge in [-0.3, -0.25) is 9.69 Å². The molecule has 2 aromatic carbocycles. The number of benzene rings is 2. The zero-order chi connectivity index (χ0) is 19.4. The Labute approximate surface area is 169 Å². The van der Waals surface area contributed by atoms with Crippen LogP contribution in [0.15, 0.2) is 47.4 Å². The van der Waals surface area contributed by atoms with Crippen molar-refractivity contribution in [1.82, 2.24) is 0 Å². The molecule has 1 aliphatic rings. The van der Waals surface area contributed by atoms with Gasteiger partial charge < -0.3 is 9.47 Å². The van der Waals surface area contributed by atoms with Crippen LogP contribution in [0.5, 0.6) is 11.5 Å². The summed E-state index contributed by atoms with van der Waals surface area (Å²) in [6, 6.07) is 13.4. The number of thioether (sulfide) groups is 1. The summed E-state index contributed by atoms with van der Waals surface area (Å²) < 4.78 is 11.6. The van der Waals surface area contributed by atoms with E-state index in [1.807, 2.05) is 55.5 Å². The zero-order valence-corrected chi connectivity index (χ0v) is 17.2. The third-order valence-electron chi connectivity index (χ3n) is 4.03. The zero-order valence-electron chi connectivity index (χ0n) is 15.5. The van der Waals surface area contributed by atoms with Gasteiger partial charge in [0.1, 0.15) is 0 Å². The smallest absolute Gasteiger partial charge is 0.270 e. The van der Waals surface area contributed by atoms with E-state index in [4.69, 9.17) is 21.7 Å². The molecule has 1 amide bonds. The maximum absolute atomic E-state index is 12.9. The van der Waals surface area contributed by atoms with Gasteiger partial charge in [-0.2, -0.15) is 0 Å². The highest BCUT2D eigenvalue weighted by Gasteiger charge is 2.33. The molecule has 0 aliphatic carbocycles. The van der Waals surface area contributed by atoms with Crippen molar-refractivity contribution in [2.45, 2.75) is 20.3 Å². The Morgan fingerprint density at radius 1 is 1.15 bits per heavy atom. The fraction of sp³-hybridized carbons (Fsp3) is 0.238. The lowest BCUT2D eigenvalue weighted by atomic mass is 10.1. The molecule has 4 nitrogen and oxygen atoms in total. The van der Waals surface area contributed by atoms with E-state index in [1.165, 1.54) is 11.8 Å². The van der Waals surface area contributed by atoms with Gasteiger partial charge in [0, 0.05) is 0 Å². The number of anilines is 1. The van der Waals surface area contributed by atoms with Gasteiger partial charge in [-0.25, -0.2) is 0 Å². The second-order valence-corrected chi connectivity index (χ2v) is 7.79. The lowest BCUT2D eigenvalue weighted by Crippen LogP contribution is -2.27. The van der Waals surface area contributed by atoms with E-state index in [1.54, 1.807) is 12.0 Å². The van der Waals surface area contributed by atoms with E-state index < -0.39 is 0 Å². The number of ether oxygens (including phenoxy) is 2. The number of amides is 1. The van der Waals surface area contributed by atoms with E-state index in [-0.39, 0.29) is 5.91 Å². The van der Waals surface area contributed by atoms with Gasteiger partial charge in [-0.1, -0.05) is 54.7 Å². The second-order valence-electron chi connectivity index (χ2n) is 6.11. The Bertz CT molecular complexity index is 891. The standard InChI is InChI=1S/C21H21NO3S2/c1-4-11-25-17-10-7-15(12-18(17)24-3)13-19-20(23)22(21(26)27-19)16-8-5-14(2)6-9-16/h5-10,12-13H,4,11H2,1-3H3/b19-13+. The summed E-state index contributed by atoms with van der Waals surface area (Å²) >= 11 is 6.73. The first kappa shape index (κ1) is 19.5. The molecule has 0 atom stereocenters. The number of hydrogen-bond donors (Lipinski definition) is 0. The average molecular weight is 400 g/mol. The fourth-order valence-electron chi connectivity index (χ4n) is 2.64. The van der Waals surface area contributed by atoms with E-state index in [2.05, 4.69) is 6.92 Å². The number of carbonyl (C=O) groups is 1. The Morgan fingerprint density at radius 2 is 1.89 bits per heavy atom. The summed E-state index contributed by atoms with van der Waals surface area (Å²) in [6.45, 7) is 4.69. The van der Waals surface area contributed by atoms with E-state index in [9.17, 15) is 4.79 Å². The number of nitrogens with zero attached hydrogens (tertiary/aromatic N) is 1. The lowest BCUT2D eigenvalue weighted by molar-refractivity contribution is -0.113. The van der Waals surface area contributed by atoms with Gasteiger partial charge >= 0.3 is 0 Å². The second kappa shape index (κ2) is 8.59. The molecular formula is C21H21NO3S2. The molecule has 0 spiro atoms. The van der Waals surface area contributed by atoms with Gasteiger partial charge in [0.15, 0.2) is 15.8 Å². The maximum Gasteiger partial charge on any atom is 0.270 e. The van der Waals surface area contributed by atoms with Crippen molar-refractivity contribution >= 4 is 46.0 Å². The summed E-state index contributed by atoms with van der Waals surface area (Å²) in [5, 5.41) is 0. The quantitative estimate of drug-likeness (QED) is 0.493. The van der Waals surface area contributed by atoms with Crippen LogP contribution in [0, 0.1) is 6.92 Å². The predicted octanol–water partition coefficient (Wildman–Crippen LogP) is 5.20. The van der Waals surface area contributed by atoms with E-state index in [0.717, 1.165) is 23.2 Å². The maximum atomic E-state index is 12.9. The molecule has 1 saturated heterocycles. The molecule has 0 aromatic heterocycles. The van der Waals surface area contributed by atoms with Crippen molar-refractivity contribution in [2.24, 2.45) is 0 Å². The summed E-state index contributed by atoms with van der Waals surface area (Å²) in [7, 11) is 1.61. The minimum Gasteiger partial charge on any atom is -0.493 e. The molecule has 0 N–H and O–H groups in total. The molecular weight excluding hydrogens is 378 g/mol. The summed E-state index contributed by atoms with van der Waals surface area (Å²) in [5.41, 5.74) is 2.78. The van der Waals surface area contributed by atoms with Crippen LogP contribution < -0.4 is 14.4 Å². The Kier molecular flexibility index (Phi) is 6.19. The normalized spacial score (nSPS) is 15.5. The van der Waals surface area contributed by atoms with Gasteiger partial charge in [0.25, 0.3) is 5.91 Å². The summed E-state index contributed by atoms with van der Waals surface area (Å²) in [4.78, 5) is 15.0. The number of rotatable bonds is 6. The molecule has 3 rings (SSSR count). The first-order chi connectivity index (χ1) is 13.0. The van der Waals surface area contributed by atoms with Gasteiger partial charge in [-0.15, -0.1) is 0 Å². The van der Waals surface area contributed by atoms with Crippen LogP contribution in [-0.4, -0.2) is 23.9 Å². The van der Waals surface area contributed by atoms with Gasteiger partial charge in [0.2, 0.25) is 0 Å². The SMILES string of the molecule is CCCOc1ccc(/C=C2/SC(=S)N(c3ccc(C)cc3)C2=O)cc1OC. The highest BCUT2D eigenvalue weighted by molar-refractivity contribution is 8.27. The fourth-order valence-corrected chi connectivity index (χ4v) is 3.94. The van der Waals surface area contributed by atoms with Gasteiger partial charge in [0.05, 0.1) is 24.3 Å². The molecule has 6 heteroatoms. The molecule has 140 valence electrons. The first-order valence-electron chi connectivity index (χ1n) is 8.69.